The van der Waals surface area contributed by atoms with E-state index >= 15 is 0 Å². The van der Waals surface area contributed by atoms with Crippen LogP contribution in [-0.4, -0.2) is 47.1 Å². The Labute approximate surface area is 227 Å². The van der Waals surface area contributed by atoms with Crippen molar-refractivity contribution < 1.29 is 28.6 Å². The van der Waals surface area contributed by atoms with Crippen molar-refractivity contribution in [1.29, 1.82) is 0 Å². The number of nitrogens with one attached hydrogen (secondary N) is 2. The third-order valence-electron chi connectivity index (χ3n) is 6.27. The molecule has 1 fully saturated rings. The van der Waals surface area contributed by atoms with Gasteiger partial charge in [-0.05, 0) is 47.9 Å². The molecule has 0 saturated carbocycles. The number of amides is 4. The lowest BCUT2D eigenvalue weighted by atomic mass is 9.91. The lowest BCUT2D eigenvalue weighted by Crippen LogP contribution is -2.50. The molecule has 2 unspecified atom stereocenters. The molecule has 1 aliphatic heterocycles. The maximum Gasteiger partial charge on any atom is 0.325 e. The molecule has 206 valence electrons. The smallest absolute Gasteiger partial charge is 0.325 e. The minimum absolute atomic E-state index is 0.0390. The molecule has 9 heteroatoms. The van der Waals surface area contributed by atoms with Crippen LogP contribution in [0.25, 0.3) is 0 Å². The first-order valence-electron chi connectivity index (χ1n) is 12.9. The highest BCUT2D eigenvalue weighted by molar-refractivity contribution is 6.10. The summed E-state index contributed by atoms with van der Waals surface area (Å²) >= 11 is 0. The number of benzene rings is 3. The molecule has 8 nitrogen and oxygen atoms in total. The molecule has 1 saturated heterocycles. The largest absolute Gasteiger partial charge is 0.491 e. The second kappa shape index (κ2) is 13.5. The Morgan fingerprint density at radius 1 is 1.08 bits per heavy atom. The van der Waals surface area contributed by atoms with Gasteiger partial charge in [0.25, 0.3) is 5.91 Å². The number of imide groups is 1. The number of rotatable bonds is 9. The van der Waals surface area contributed by atoms with Crippen LogP contribution in [-0.2, 0) is 9.59 Å². The summed E-state index contributed by atoms with van der Waals surface area (Å²) in [6, 6.07) is 17.0. The average molecular weight is 536 g/mol. The van der Waals surface area contributed by atoms with Gasteiger partial charge in [-0.1, -0.05) is 69.3 Å². The number of aliphatic hydroxyl groups is 1. The maximum atomic E-state index is 14.5. The van der Waals surface area contributed by atoms with E-state index in [1.807, 2.05) is 19.9 Å². The molecular weight excluding hydrogens is 501 g/mol. The number of hydrogen-bond donors (Lipinski definition) is 3. The monoisotopic (exact) mass is 535 g/mol. The van der Waals surface area contributed by atoms with Crippen LogP contribution in [0.5, 0.6) is 5.75 Å². The minimum Gasteiger partial charge on any atom is -0.491 e. The van der Waals surface area contributed by atoms with Crippen LogP contribution in [0.3, 0.4) is 0 Å². The second-order valence-electron chi connectivity index (χ2n) is 8.85. The van der Waals surface area contributed by atoms with Crippen LogP contribution in [0.1, 0.15) is 49.4 Å². The highest BCUT2D eigenvalue weighted by Gasteiger charge is 2.47. The van der Waals surface area contributed by atoms with Gasteiger partial charge < -0.3 is 20.5 Å². The summed E-state index contributed by atoms with van der Waals surface area (Å²) in [5.41, 5.74) is 1.90. The molecule has 3 aromatic rings. The van der Waals surface area contributed by atoms with Crippen molar-refractivity contribution in [3.05, 3.63) is 95.3 Å². The van der Waals surface area contributed by atoms with Crippen LogP contribution < -0.4 is 15.4 Å². The van der Waals surface area contributed by atoms with Crippen LogP contribution in [0.2, 0.25) is 0 Å². The van der Waals surface area contributed by atoms with Crippen molar-refractivity contribution in [2.45, 2.75) is 45.7 Å². The number of carbonyl (C=O) groups excluding carboxylic acids is 3. The van der Waals surface area contributed by atoms with E-state index in [0.29, 0.717) is 16.9 Å². The number of halogens is 1. The predicted octanol–water partition coefficient (Wildman–Crippen LogP) is 4.94. The molecule has 0 bridgehead atoms. The molecule has 0 spiro atoms. The topological polar surface area (TPSA) is 108 Å². The van der Waals surface area contributed by atoms with Gasteiger partial charge >= 0.3 is 6.03 Å². The van der Waals surface area contributed by atoms with Crippen LogP contribution in [0.4, 0.5) is 14.9 Å². The molecule has 1 heterocycles. The number of aliphatic hydroxyl groups excluding tert-OH is 1. The third-order valence-corrected chi connectivity index (χ3v) is 6.27. The van der Waals surface area contributed by atoms with Gasteiger partial charge in [0.1, 0.15) is 30.3 Å². The summed E-state index contributed by atoms with van der Waals surface area (Å²) in [7, 11) is 0. The fourth-order valence-corrected chi connectivity index (χ4v) is 4.34. The van der Waals surface area contributed by atoms with Crippen LogP contribution >= 0.6 is 0 Å². The van der Waals surface area contributed by atoms with E-state index in [1.54, 1.807) is 68.4 Å². The van der Waals surface area contributed by atoms with E-state index in [-0.39, 0.29) is 18.9 Å². The number of aryl methyl sites for hydroxylation is 1. The molecule has 3 aromatic carbocycles. The summed E-state index contributed by atoms with van der Waals surface area (Å²) < 4.78 is 19.9. The summed E-state index contributed by atoms with van der Waals surface area (Å²) in [6.07, 6.45) is 0. The number of ether oxygens (including phenoxy) is 1. The average Bonchev–Trinajstić information content (AvgIpc) is 3.24. The van der Waals surface area contributed by atoms with Gasteiger partial charge in [0.15, 0.2) is 0 Å². The van der Waals surface area contributed by atoms with E-state index in [9.17, 15) is 18.8 Å². The Morgan fingerprint density at radius 2 is 1.74 bits per heavy atom. The molecule has 0 radical (unpaired) electrons. The number of hydrogen-bond acceptors (Lipinski definition) is 5. The summed E-state index contributed by atoms with van der Waals surface area (Å²) in [6.45, 7) is 7.46. The normalized spacial score (nSPS) is 16.1. The van der Waals surface area contributed by atoms with Gasteiger partial charge in [-0.2, -0.15) is 0 Å². The second-order valence-corrected chi connectivity index (χ2v) is 8.85. The zero-order valence-electron chi connectivity index (χ0n) is 22.5. The van der Waals surface area contributed by atoms with Crippen molar-refractivity contribution in [2.24, 2.45) is 0 Å². The van der Waals surface area contributed by atoms with Crippen molar-refractivity contribution in [3.63, 3.8) is 0 Å². The lowest BCUT2D eigenvalue weighted by molar-refractivity contribution is -0.134. The number of urea groups is 1. The number of carbonyl (C=O) groups is 3. The van der Waals surface area contributed by atoms with Gasteiger partial charge in [0.05, 0.1) is 12.3 Å². The zero-order chi connectivity index (χ0) is 28.5. The number of anilines is 1. The van der Waals surface area contributed by atoms with E-state index in [0.717, 1.165) is 10.5 Å². The maximum absolute atomic E-state index is 14.5. The van der Waals surface area contributed by atoms with Gasteiger partial charge in [-0.25, -0.2) is 14.1 Å². The molecule has 4 amide bonds. The van der Waals surface area contributed by atoms with E-state index in [1.165, 1.54) is 12.1 Å². The predicted molar refractivity (Wildman–Crippen MR) is 147 cm³/mol. The van der Waals surface area contributed by atoms with Gasteiger partial charge in [0.2, 0.25) is 5.91 Å². The van der Waals surface area contributed by atoms with E-state index < -0.39 is 41.7 Å². The molecule has 39 heavy (non-hydrogen) atoms. The zero-order valence-corrected chi connectivity index (χ0v) is 22.5. The standard InChI is InChI=1S/C28H28FN3O5.C2H6/c1-17-8-13-23(22(29)16-17)30-26(34)25(18(2)19-6-4-3-5-7-19)32-27(35)24(31-28(32)36)20-9-11-21(12-10-20)37-15-14-33;1-2/h3-13,16,18,24-25,33H,14-15H2,1-2H3,(H,30,34)(H,31,36);1-2H3/t18?,24-,25?;/m1./s1. The van der Waals surface area contributed by atoms with E-state index in [4.69, 9.17) is 9.84 Å². The molecule has 0 aromatic heterocycles. The minimum atomic E-state index is -1.24. The van der Waals surface area contributed by atoms with Crippen LogP contribution in [0.15, 0.2) is 72.8 Å². The highest BCUT2D eigenvalue weighted by atomic mass is 19.1. The molecule has 0 aliphatic carbocycles. The number of nitrogens with zero attached hydrogens (tertiary/aromatic N) is 1. The fraction of sp³-hybridized carbons (Fsp3) is 0.300. The molecule has 4 rings (SSSR count). The first kappa shape index (κ1) is 29.3. The van der Waals surface area contributed by atoms with Crippen LogP contribution in [0, 0.1) is 12.7 Å². The summed E-state index contributed by atoms with van der Waals surface area (Å²) in [4.78, 5) is 41.1. The highest BCUT2D eigenvalue weighted by Crippen LogP contribution is 2.32. The fourth-order valence-electron chi connectivity index (χ4n) is 4.34. The Kier molecular flexibility index (Phi) is 10.2. The van der Waals surface area contributed by atoms with Gasteiger partial charge in [0, 0.05) is 5.92 Å². The third kappa shape index (κ3) is 6.80. The Morgan fingerprint density at radius 3 is 2.36 bits per heavy atom. The SMILES string of the molecule is CC.Cc1ccc(NC(=O)C(C(C)c2ccccc2)N2C(=O)N[C@H](c3ccc(OCCO)cc3)C2=O)c(F)c1. The van der Waals surface area contributed by atoms with E-state index in [2.05, 4.69) is 10.6 Å². The molecule has 1 aliphatic rings. The Balaban J connectivity index is 0.00000205. The Hall–Kier alpha value is -4.24. The van der Waals surface area contributed by atoms with Gasteiger partial charge in [-0.15, -0.1) is 0 Å². The van der Waals surface area contributed by atoms with Crippen molar-refractivity contribution in [3.8, 4) is 5.75 Å². The summed E-state index contributed by atoms with van der Waals surface area (Å²) in [5, 5.41) is 14.1. The first-order chi connectivity index (χ1) is 18.8. The molecule has 3 N–H and O–H groups in total. The summed E-state index contributed by atoms with van der Waals surface area (Å²) in [5.74, 6) is -1.98. The quantitative estimate of drug-likeness (QED) is 0.337. The molecular formula is C30H34FN3O5. The van der Waals surface area contributed by atoms with Crippen molar-refractivity contribution in [2.75, 3.05) is 18.5 Å². The Bertz CT molecular complexity index is 1280. The first-order valence-corrected chi connectivity index (χ1v) is 12.9. The van der Waals surface area contributed by atoms with Gasteiger partial charge in [-0.3, -0.25) is 9.59 Å². The van der Waals surface area contributed by atoms with Crippen molar-refractivity contribution in [1.82, 2.24) is 10.2 Å². The van der Waals surface area contributed by atoms with Crippen molar-refractivity contribution >= 4 is 23.5 Å². The lowest BCUT2D eigenvalue weighted by Gasteiger charge is -2.30. The molecule has 3 atom stereocenters.